The molecule has 1 amide bonds. The third-order valence-corrected chi connectivity index (χ3v) is 3.32. The second kappa shape index (κ2) is 7.40. The summed E-state index contributed by atoms with van der Waals surface area (Å²) in [4.78, 5) is 20.1. The summed E-state index contributed by atoms with van der Waals surface area (Å²) in [5.74, 6) is -1.62. The summed E-state index contributed by atoms with van der Waals surface area (Å²) in [5, 5.41) is 7.84. The van der Waals surface area contributed by atoms with Crippen molar-refractivity contribution in [3.8, 4) is 0 Å². The predicted octanol–water partition coefficient (Wildman–Crippen LogP) is 3.49. The summed E-state index contributed by atoms with van der Waals surface area (Å²) in [5.41, 5.74) is -0.713. The topological polar surface area (TPSA) is 92.9 Å². The maximum absolute atomic E-state index is 12.9. The molecule has 0 spiro atoms. The minimum atomic E-state index is -4.69. The van der Waals surface area contributed by atoms with Crippen LogP contribution in [0.2, 0.25) is 0 Å². The fourth-order valence-corrected chi connectivity index (χ4v) is 2.06. The molecule has 27 heavy (non-hydrogen) atoms. The van der Waals surface area contributed by atoms with E-state index in [4.69, 9.17) is 0 Å². The summed E-state index contributed by atoms with van der Waals surface area (Å²) >= 11 is 0. The van der Waals surface area contributed by atoms with Gasteiger partial charge in [0.15, 0.2) is 17.2 Å². The monoisotopic (exact) mass is 381 g/mol. The number of hydrogen-bond donors (Lipinski definition) is 2. The summed E-state index contributed by atoms with van der Waals surface area (Å²) in [7, 11) is 0. The number of alkyl halides is 3. The molecular formula is C16H11F4N5O2. The van der Waals surface area contributed by atoms with Crippen LogP contribution in [0.3, 0.4) is 0 Å². The number of amides is 1. The van der Waals surface area contributed by atoms with Crippen molar-refractivity contribution < 1.29 is 26.9 Å². The van der Waals surface area contributed by atoms with Gasteiger partial charge in [-0.15, -0.1) is 0 Å². The first-order valence-corrected chi connectivity index (χ1v) is 7.47. The maximum Gasteiger partial charge on any atom is 0.436 e. The molecule has 140 valence electrons. The van der Waals surface area contributed by atoms with Gasteiger partial charge in [-0.3, -0.25) is 10.1 Å². The van der Waals surface area contributed by atoms with Gasteiger partial charge >= 0.3 is 6.18 Å². The molecule has 11 heteroatoms. The largest absolute Gasteiger partial charge is 0.436 e. The van der Waals surface area contributed by atoms with E-state index in [1.54, 1.807) is 12.1 Å². The molecule has 0 atom stereocenters. The molecule has 0 aliphatic carbocycles. The van der Waals surface area contributed by atoms with Crippen molar-refractivity contribution in [1.82, 2.24) is 15.1 Å². The van der Waals surface area contributed by atoms with Crippen LogP contribution in [0.5, 0.6) is 0 Å². The van der Waals surface area contributed by atoms with Gasteiger partial charge in [-0.1, -0.05) is 17.3 Å². The Labute approximate surface area is 149 Å². The molecule has 0 radical (unpaired) electrons. The summed E-state index contributed by atoms with van der Waals surface area (Å²) in [6.45, 7) is 0.222. The van der Waals surface area contributed by atoms with Gasteiger partial charge in [0.2, 0.25) is 5.88 Å². The summed E-state index contributed by atoms with van der Waals surface area (Å²) in [6.07, 6.45) is -2.11. The number of anilines is 2. The van der Waals surface area contributed by atoms with Crippen LogP contribution in [-0.2, 0) is 12.7 Å². The number of carbonyl (C=O) groups is 1. The van der Waals surface area contributed by atoms with Crippen LogP contribution in [0.1, 0.15) is 21.7 Å². The van der Waals surface area contributed by atoms with Gasteiger partial charge in [0.05, 0.1) is 0 Å². The number of halogens is 4. The number of hydrogen-bond acceptors (Lipinski definition) is 6. The molecule has 7 nitrogen and oxygen atoms in total. The molecule has 2 N–H and O–H groups in total. The lowest BCUT2D eigenvalue weighted by atomic mass is 10.2. The van der Waals surface area contributed by atoms with Crippen molar-refractivity contribution >= 4 is 17.6 Å². The molecule has 0 saturated carbocycles. The Kier molecular flexibility index (Phi) is 5.01. The standard InChI is InChI=1S/C16H11F4N5O2/c17-10-3-1-9(2-4-10)8-23-14-13(21-5-6-22-14)15(26)24-12-7-11(25-27-12)16(18,19)20/h1-7H,8H2,(H,22,23)(H,24,26). The highest BCUT2D eigenvalue weighted by Crippen LogP contribution is 2.30. The van der Waals surface area contributed by atoms with Crippen molar-refractivity contribution in [2.24, 2.45) is 0 Å². The first-order chi connectivity index (χ1) is 12.8. The Morgan fingerprint density at radius 1 is 1.11 bits per heavy atom. The van der Waals surface area contributed by atoms with E-state index in [0.29, 0.717) is 6.07 Å². The van der Waals surface area contributed by atoms with Crippen LogP contribution in [0.4, 0.5) is 29.3 Å². The van der Waals surface area contributed by atoms with Crippen molar-refractivity contribution in [2.45, 2.75) is 12.7 Å². The molecule has 3 aromatic rings. The molecule has 0 unspecified atom stereocenters. The lowest BCUT2D eigenvalue weighted by molar-refractivity contribution is -0.142. The number of carbonyl (C=O) groups excluding carboxylic acids is 1. The predicted molar refractivity (Wildman–Crippen MR) is 85.2 cm³/mol. The SMILES string of the molecule is O=C(Nc1cc(C(F)(F)F)no1)c1nccnc1NCc1ccc(F)cc1. The Hall–Kier alpha value is -3.50. The van der Waals surface area contributed by atoms with Gasteiger partial charge in [0.25, 0.3) is 5.91 Å². The maximum atomic E-state index is 12.9. The van der Waals surface area contributed by atoms with Crippen LogP contribution in [-0.4, -0.2) is 21.0 Å². The first-order valence-electron chi connectivity index (χ1n) is 7.47. The second-order valence-corrected chi connectivity index (χ2v) is 5.26. The molecular weight excluding hydrogens is 370 g/mol. The van der Waals surface area contributed by atoms with Gasteiger partial charge in [-0.05, 0) is 17.7 Å². The normalized spacial score (nSPS) is 11.3. The molecule has 0 bridgehead atoms. The van der Waals surface area contributed by atoms with Crippen molar-refractivity contribution in [1.29, 1.82) is 0 Å². The van der Waals surface area contributed by atoms with E-state index in [-0.39, 0.29) is 23.9 Å². The average Bonchev–Trinajstić information content (AvgIpc) is 3.10. The highest BCUT2D eigenvalue weighted by atomic mass is 19.4. The van der Waals surface area contributed by atoms with Gasteiger partial charge in [-0.25, -0.2) is 14.4 Å². The third kappa shape index (κ3) is 4.57. The van der Waals surface area contributed by atoms with Gasteiger partial charge in [0.1, 0.15) is 5.82 Å². The van der Waals surface area contributed by atoms with Crippen molar-refractivity contribution in [3.05, 3.63) is 65.5 Å². The number of nitrogens with one attached hydrogen (secondary N) is 2. The number of rotatable bonds is 5. The fraction of sp³-hybridized carbons (Fsp3) is 0.125. The third-order valence-electron chi connectivity index (χ3n) is 3.32. The lowest BCUT2D eigenvalue weighted by Crippen LogP contribution is -2.17. The average molecular weight is 381 g/mol. The molecule has 1 aromatic carbocycles. The van der Waals surface area contributed by atoms with Crippen LogP contribution >= 0.6 is 0 Å². The van der Waals surface area contributed by atoms with Gasteiger partial charge in [-0.2, -0.15) is 13.2 Å². The Balaban J connectivity index is 1.71. The van der Waals surface area contributed by atoms with Crippen LogP contribution in [0.25, 0.3) is 0 Å². The van der Waals surface area contributed by atoms with E-state index in [1.165, 1.54) is 24.5 Å². The summed E-state index contributed by atoms with van der Waals surface area (Å²) < 4.78 is 54.9. The molecule has 2 heterocycles. The Bertz CT molecular complexity index is 940. The minimum Gasteiger partial charge on any atom is -0.364 e. The molecule has 0 aliphatic heterocycles. The lowest BCUT2D eigenvalue weighted by Gasteiger charge is -2.09. The van der Waals surface area contributed by atoms with Crippen LogP contribution < -0.4 is 10.6 Å². The van der Waals surface area contributed by atoms with E-state index < -0.39 is 23.7 Å². The quantitative estimate of drug-likeness (QED) is 0.658. The highest BCUT2D eigenvalue weighted by Gasteiger charge is 2.35. The zero-order chi connectivity index (χ0) is 19.4. The van der Waals surface area contributed by atoms with Crippen LogP contribution in [0.15, 0.2) is 47.2 Å². The van der Waals surface area contributed by atoms with Gasteiger partial charge < -0.3 is 9.84 Å². The van der Waals surface area contributed by atoms with E-state index in [0.717, 1.165) is 5.56 Å². The number of aromatic nitrogens is 3. The summed E-state index contributed by atoms with van der Waals surface area (Å²) in [6, 6.07) is 6.21. The zero-order valence-corrected chi connectivity index (χ0v) is 13.4. The molecule has 0 aliphatic rings. The van der Waals surface area contributed by atoms with Crippen molar-refractivity contribution in [2.75, 3.05) is 10.6 Å². The molecule has 2 aromatic heterocycles. The van der Waals surface area contributed by atoms with Crippen molar-refractivity contribution in [3.63, 3.8) is 0 Å². The van der Waals surface area contributed by atoms with E-state index in [9.17, 15) is 22.4 Å². The van der Waals surface area contributed by atoms with E-state index in [1.807, 2.05) is 0 Å². The molecule has 3 rings (SSSR count). The highest BCUT2D eigenvalue weighted by molar-refractivity contribution is 6.05. The zero-order valence-electron chi connectivity index (χ0n) is 13.4. The van der Waals surface area contributed by atoms with Gasteiger partial charge in [0, 0.05) is 25.0 Å². The molecule has 0 saturated heterocycles. The number of benzene rings is 1. The minimum absolute atomic E-state index is 0.0925. The number of nitrogens with zero attached hydrogens (tertiary/aromatic N) is 3. The first kappa shape index (κ1) is 18.3. The Morgan fingerprint density at radius 3 is 2.48 bits per heavy atom. The second-order valence-electron chi connectivity index (χ2n) is 5.26. The van der Waals surface area contributed by atoms with E-state index >= 15 is 0 Å². The van der Waals surface area contributed by atoms with E-state index in [2.05, 4.69) is 30.3 Å². The smallest absolute Gasteiger partial charge is 0.364 e. The van der Waals surface area contributed by atoms with Crippen LogP contribution in [0, 0.1) is 5.82 Å². The molecule has 0 fully saturated rings. The fourth-order valence-electron chi connectivity index (χ4n) is 2.06. The Morgan fingerprint density at radius 2 is 1.81 bits per heavy atom.